The lowest BCUT2D eigenvalue weighted by Crippen LogP contribution is -2.49. The molecular formula is C37H64N2O8. The van der Waals surface area contributed by atoms with Gasteiger partial charge < -0.3 is 34.3 Å². The zero-order valence-corrected chi connectivity index (χ0v) is 29.4. The second-order valence-corrected chi connectivity index (χ2v) is 11.9. The second-order valence-electron chi connectivity index (χ2n) is 11.9. The van der Waals surface area contributed by atoms with E-state index in [4.69, 9.17) is 23.7 Å². The van der Waals surface area contributed by atoms with Crippen molar-refractivity contribution in [2.75, 3.05) is 59.4 Å². The number of benzene rings is 1. The minimum Gasteiger partial charge on any atom is -0.461 e. The van der Waals surface area contributed by atoms with Gasteiger partial charge in [0.15, 0.2) is 0 Å². The summed E-state index contributed by atoms with van der Waals surface area (Å²) in [5.41, 5.74) is 0.844. The summed E-state index contributed by atoms with van der Waals surface area (Å²) in [4.78, 5) is 38.1. The fourth-order valence-corrected chi connectivity index (χ4v) is 4.78. The lowest BCUT2D eigenvalue weighted by Gasteiger charge is -2.18. The first-order valence-corrected chi connectivity index (χ1v) is 18.1. The number of esters is 1. The summed E-state index contributed by atoms with van der Waals surface area (Å²) >= 11 is 0. The molecule has 0 aromatic heterocycles. The third-order valence-electron chi connectivity index (χ3n) is 7.59. The molecule has 0 fully saturated rings. The van der Waals surface area contributed by atoms with E-state index in [-0.39, 0.29) is 26.2 Å². The number of rotatable bonds is 33. The van der Waals surface area contributed by atoms with Crippen molar-refractivity contribution >= 4 is 17.8 Å². The monoisotopic (exact) mass is 664 g/mol. The van der Waals surface area contributed by atoms with E-state index in [1.165, 1.54) is 57.8 Å². The van der Waals surface area contributed by atoms with Crippen LogP contribution in [0.15, 0.2) is 30.3 Å². The second kappa shape index (κ2) is 32.0. The van der Waals surface area contributed by atoms with Crippen molar-refractivity contribution in [3.05, 3.63) is 35.9 Å². The molecule has 1 aromatic rings. The predicted octanol–water partition coefficient (Wildman–Crippen LogP) is 6.29. The molecule has 1 aromatic carbocycles. The molecule has 0 radical (unpaired) electrons. The molecule has 270 valence electrons. The van der Waals surface area contributed by atoms with E-state index >= 15 is 0 Å². The van der Waals surface area contributed by atoms with Gasteiger partial charge in [0.2, 0.25) is 11.8 Å². The molecule has 0 saturated carbocycles. The molecule has 10 heteroatoms. The molecule has 2 N–H and O–H groups in total. The largest absolute Gasteiger partial charge is 0.461 e. The number of carbonyl (C=O) groups is 3. The highest BCUT2D eigenvalue weighted by atomic mass is 16.6. The fourth-order valence-electron chi connectivity index (χ4n) is 4.78. The van der Waals surface area contributed by atoms with Gasteiger partial charge in [-0.1, -0.05) is 121 Å². The Morgan fingerprint density at radius 3 is 1.70 bits per heavy atom. The van der Waals surface area contributed by atoms with Gasteiger partial charge in [0.05, 0.1) is 46.1 Å². The maximum atomic E-state index is 13.0. The van der Waals surface area contributed by atoms with Gasteiger partial charge in [-0.2, -0.15) is 0 Å². The standard InChI is InChI=1S/C37H64N2O8/c1-3-5-7-8-9-10-11-12-13-14-15-19-22-38-37(42)34(30-36(41)47-31-33-20-17-16-18-21-33)39-35(40)32-46-29-28-45-27-26-44-25-24-43-23-6-4-2/h16-18,20-21,34H,3-15,19,22-32H2,1-2H3,(H,38,42)(H,39,40)/t34-/m0/s1. The fraction of sp³-hybridized carbons (Fsp3) is 0.757. The summed E-state index contributed by atoms with van der Waals surface area (Å²) in [7, 11) is 0. The summed E-state index contributed by atoms with van der Waals surface area (Å²) in [6.07, 6.45) is 16.7. The van der Waals surface area contributed by atoms with E-state index < -0.39 is 23.8 Å². The number of hydrogen-bond donors (Lipinski definition) is 2. The summed E-state index contributed by atoms with van der Waals surface area (Å²) in [5.74, 6) is -1.46. The third kappa shape index (κ3) is 27.2. The smallest absolute Gasteiger partial charge is 0.308 e. The van der Waals surface area contributed by atoms with E-state index in [2.05, 4.69) is 24.5 Å². The number of amides is 2. The Morgan fingerprint density at radius 2 is 1.13 bits per heavy atom. The molecule has 2 amide bonds. The van der Waals surface area contributed by atoms with Crippen molar-refractivity contribution < 1.29 is 38.1 Å². The van der Waals surface area contributed by atoms with Crippen molar-refractivity contribution in [2.24, 2.45) is 0 Å². The molecule has 0 aliphatic carbocycles. The van der Waals surface area contributed by atoms with Crippen LogP contribution in [0.4, 0.5) is 0 Å². The predicted molar refractivity (Wildman–Crippen MR) is 185 cm³/mol. The molecule has 0 unspecified atom stereocenters. The topological polar surface area (TPSA) is 121 Å². The first-order valence-electron chi connectivity index (χ1n) is 18.1. The number of unbranched alkanes of at least 4 members (excludes halogenated alkanes) is 12. The van der Waals surface area contributed by atoms with Crippen molar-refractivity contribution in [1.29, 1.82) is 0 Å². The molecule has 1 atom stereocenters. The molecule has 10 nitrogen and oxygen atoms in total. The Morgan fingerprint density at radius 1 is 0.617 bits per heavy atom. The van der Waals surface area contributed by atoms with Crippen molar-refractivity contribution in [3.63, 3.8) is 0 Å². The van der Waals surface area contributed by atoms with Crippen LogP contribution < -0.4 is 10.6 Å². The van der Waals surface area contributed by atoms with Gasteiger partial charge >= 0.3 is 5.97 Å². The molecule has 47 heavy (non-hydrogen) atoms. The quantitative estimate of drug-likeness (QED) is 0.0665. The van der Waals surface area contributed by atoms with Gasteiger partial charge in [-0.05, 0) is 18.4 Å². The van der Waals surface area contributed by atoms with Crippen molar-refractivity contribution in [3.8, 4) is 0 Å². The van der Waals surface area contributed by atoms with Gasteiger partial charge in [-0.3, -0.25) is 14.4 Å². The Labute approximate surface area is 284 Å². The summed E-state index contributed by atoms with van der Waals surface area (Å²) in [6.45, 7) is 7.94. The van der Waals surface area contributed by atoms with E-state index in [0.717, 1.165) is 44.3 Å². The Kier molecular flexibility index (Phi) is 29.0. The van der Waals surface area contributed by atoms with Gasteiger partial charge in [-0.15, -0.1) is 0 Å². The number of hydrogen-bond acceptors (Lipinski definition) is 8. The SMILES string of the molecule is CCCCCCCCCCCCCCNC(=O)[C@H](CC(=O)OCc1ccccc1)NC(=O)COCCOCCOCCOCCCC. The van der Waals surface area contributed by atoms with Crippen molar-refractivity contribution in [1.82, 2.24) is 10.6 Å². The van der Waals surface area contributed by atoms with Crippen LogP contribution in [-0.4, -0.2) is 83.2 Å². The zero-order valence-electron chi connectivity index (χ0n) is 29.4. The normalized spacial score (nSPS) is 11.7. The van der Waals surface area contributed by atoms with Crippen LogP contribution in [0.3, 0.4) is 0 Å². The maximum Gasteiger partial charge on any atom is 0.308 e. The lowest BCUT2D eigenvalue weighted by molar-refractivity contribution is -0.147. The summed E-state index contributed by atoms with van der Waals surface area (Å²) < 4.78 is 27.1. The lowest BCUT2D eigenvalue weighted by atomic mass is 10.1. The Hall–Kier alpha value is -2.53. The summed E-state index contributed by atoms with van der Waals surface area (Å²) in [6, 6.07) is 8.26. The minimum absolute atomic E-state index is 0.0989. The molecule has 0 aliphatic heterocycles. The maximum absolute atomic E-state index is 13.0. The van der Waals surface area contributed by atoms with Crippen LogP contribution in [-0.2, 0) is 44.7 Å². The van der Waals surface area contributed by atoms with Crippen LogP contribution in [0.5, 0.6) is 0 Å². The molecule has 0 aliphatic rings. The van der Waals surface area contributed by atoms with Gasteiger partial charge in [-0.25, -0.2) is 0 Å². The molecule has 0 bridgehead atoms. The van der Waals surface area contributed by atoms with Gasteiger partial charge in [0.25, 0.3) is 0 Å². The highest BCUT2D eigenvalue weighted by Gasteiger charge is 2.24. The van der Waals surface area contributed by atoms with Crippen LogP contribution in [0.2, 0.25) is 0 Å². The highest BCUT2D eigenvalue weighted by Crippen LogP contribution is 2.12. The average Bonchev–Trinajstić information content (AvgIpc) is 3.08. The van der Waals surface area contributed by atoms with E-state index in [9.17, 15) is 14.4 Å². The summed E-state index contributed by atoms with van der Waals surface area (Å²) in [5, 5.41) is 5.51. The average molecular weight is 665 g/mol. The van der Waals surface area contributed by atoms with E-state index in [1.54, 1.807) is 0 Å². The zero-order chi connectivity index (χ0) is 34.0. The Balaban J connectivity index is 2.29. The van der Waals surface area contributed by atoms with Gasteiger partial charge in [0, 0.05) is 13.2 Å². The number of ether oxygens (including phenoxy) is 5. The molecule has 0 saturated heterocycles. The van der Waals surface area contributed by atoms with Crippen molar-refractivity contribution in [2.45, 2.75) is 123 Å². The van der Waals surface area contributed by atoms with Gasteiger partial charge in [0.1, 0.15) is 19.3 Å². The van der Waals surface area contributed by atoms with E-state index in [0.29, 0.717) is 39.6 Å². The van der Waals surface area contributed by atoms with E-state index in [1.807, 2.05) is 30.3 Å². The highest BCUT2D eigenvalue weighted by molar-refractivity contribution is 5.91. The third-order valence-corrected chi connectivity index (χ3v) is 7.59. The van der Waals surface area contributed by atoms with Crippen LogP contribution >= 0.6 is 0 Å². The first kappa shape index (κ1) is 42.5. The molecular weight excluding hydrogens is 600 g/mol. The van der Waals surface area contributed by atoms with Crippen LogP contribution in [0.1, 0.15) is 116 Å². The van der Waals surface area contributed by atoms with Crippen LogP contribution in [0.25, 0.3) is 0 Å². The van der Waals surface area contributed by atoms with Crippen LogP contribution in [0, 0.1) is 0 Å². The minimum atomic E-state index is -1.05. The number of carbonyl (C=O) groups excluding carboxylic acids is 3. The molecule has 1 rings (SSSR count). The Bertz CT molecular complexity index is 886. The first-order chi connectivity index (χ1) is 23.1. The molecule has 0 spiro atoms. The molecule has 0 heterocycles. The number of nitrogens with one attached hydrogen (secondary N) is 2.